The van der Waals surface area contributed by atoms with Crippen LogP contribution in [-0.4, -0.2) is 29.8 Å². The molecule has 2 aliphatic heterocycles. The summed E-state index contributed by atoms with van der Waals surface area (Å²) in [7, 11) is 2.20. The SMILES string of the molecule is C=C(C)c1ccc(C(=O)[C@@H]2[C@H]3CC[C@@H](C[C@H]2c2ccc(C(=C)C)cc2)N3C)cc1. The van der Waals surface area contributed by atoms with Crippen molar-refractivity contribution in [2.75, 3.05) is 7.05 Å². The van der Waals surface area contributed by atoms with Gasteiger partial charge in [0.2, 0.25) is 0 Å². The summed E-state index contributed by atoms with van der Waals surface area (Å²) in [6.45, 7) is 12.1. The molecule has 2 bridgehead atoms. The largest absolute Gasteiger partial charge is 0.300 e. The first-order chi connectivity index (χ1) is 13.9. The van der Waals surface area contributed by atoms with E-state index >= 15 is 0 Å². The molecule has 0 amide bonds. The van der Waals surface area contributed by atoms with Crippen molar-refractivity contribution in [2.24, 2.45) is 5.92 Å². The topological polar surface area (TPSA) is 20.3 Å². The van der Waals surface area contributed by atoms with Crippen molar-refractivity contribution in [1.29, 1.82) is 0 Å². The number of fused-ring (bicyclic) bond motifs is 2. The third kappa shape index (κ3) is 3.62. The zero-order chi connectivity index (χ0) is 20.7. The number of piperidine rings is 1. The molecule has 2 nitrogen and oxygen atoms in total. The molecular formula is C27H31NO. The minimum absolute atomic E-state index is 0.00473. The van der Waals surface area contributed by atoms with Gasteiger partial charge >= 0.3 is 0 Å². The number of Topliss-reactive ketones (excluding diaryl/α,β-unsaturated/α-hetero) is 1. The van der Waals surface area contributed by atoms with Gasteiger partial charge in [-0.3, -0.25) is 9.69 Å². The van der Waals surface area contributed by atoms with Crippen molar-refractivity contribution in [3.63, 3.8) is 0 Å². The molecule has 0 N–H and O–H groups in total. The van der Waals surface area contributed by atoms with Gasteiger partial charge in [-0.1, -0.05) is 72.8 Å². The predicted octanol–water partition coefficient (Wildman–Crippen LogP) is 6.20. The number of hydrogen-bond donors (Lipinski definition) is 0. The maximum Gasteiger partial charge on any atom is 0.168 e. The standard InChI is InChI=1S/C27H31NO/c1-17(2)19-6-10-21(11-7-19)24-16-23-14-15-25(28(23)5)26(24)27(29)22-12-8-20(9-13-22)18(3)4/h6-13,23-26H,1,3,14-16H2,2,4-5H3/t23-,24-,25+,26-/m0/s1. The number of carbonyl (C=O) groups is 1. The van der Waals surface area contributed by atoms with Crippen LogP contribution in [0.25, 0.3) is 11.1 Å². The van der Waals surface area contributed by atoms with Crippen molar-refractivity contribution in [3.05, 3.63) is 83.9 Å². The molecule has 29 heavy (non-hydrogen) atoms. The molecule has 0 spiro atoms. The monoisotopic (exact) mass is 385 g/mol. The summed E-state index contributed by atoms with van der Waals surface area (Å²) in [6.07, 6.45) is 3.36. The molecule has 0 saturated carbocycles. The quantitative estimate of drug-likeness (QED) is 0.571. The lowest BCUT2D eigenvalue weighted by molar-refractivity contribution is 0.0643. The number of benzene rings is 2. The average molecular weight is 386 g/mol. The maximum absolute atomic E-state index is 13.7. The first-order valence-electron chi connectivity index (χ1n) is 10.6. The summed E-state index contributed by atoms with van der Waals surface area (Å²) in [6, 6.07) is 17.7. The predicted molar refractivity (Wildman–Crippen MR) is 122 cm³/mol. The van der Waals surface area contributed by atoms with Gasteiger partial charge in [0.05, 0.1) is 0 Å². The van der Waals surface area contributed by atoms with Crippen molar-refractivity contribution in [2.45, 2.75) is 51.1 Å². The molecule has 0 radical (unpaired) electrons. The summed E-state index contributed by atoms with van der Waals surface area (Å²) in [5.41, 5.74) is 6.47. The van der Waals surface area contributed by atoms with Crippen LogP contribution in [0, 0.1) is 5.92 Å². The summed E-state index contributed by atoms with van der Waals surface area (Å²) < 4.78 is 0. The van der Waals surface area contributed by atoms with Gasteiger partial charge in [-0.15, -0.1) is 0 Å². The van der Waals surface area contributed by atoms with Gasteiger partial charge in [0.15, 0.2) is 5.78 Å². The van der Waals surface area contributed by atoms with Crippen molar-refractivity contribution in [3.8, 4) is 0 Å². The van der Waals surface area contributed by atoms with Crippen LogP contribution in [0.4, 0.5) is 0 Å². The Morgan fingerprint density at radius 3 is 1.93 bits per heavy atom. The summed E-state index contributed by atoms with van der Waals surface area (Å²) in [5, 5.41) is 0. The molecule has 150 valence electrons. The minimum atomic E-state index is 0.00473. The molecule has 2 heteroatoms. The third-order valence-electron chi connectivity index (χ3n) is 7.07. The Morgan fingerprint density at radius 2 is 1.38 bits per heavy atom. The highest BCUT2D eigenvalue weighted by Gasteiger charge is 2.48. The van der Waals surface area contributed by atoms with E-state index in [0.29, 0.717) is 12.1 Å². The molecule has 0 aliphatic carbocycles. The van der Waals surface area contributed by atoms with Gasteiger partial charge in [-0.25, -0.2) is 0 Å². The zero-order valence-corrected chi connectivity index (χ0v) is 17.8. The number of carbonyl (C=O) groups excluding carboxylic acids is 1. The van der Waals surface area contributed by atoms with Gasteiger partial charge in [0.1, 0.15) is 0 Å². The van der Waals surface area contributed by atoms with Crippen LogP contribution in [-0.2, 0) is 0 Å². The highest BCUT2D eigenvalue weighted by Crippen LogP contribution is 2.47. The zero-order valence-electron chi connectivity index (χ0n) is 17.8. The van der Waals surface area contributed by atoms with Gasteiger partial charge in [0.25, 0.3) is 0 Å². The summed E-state index contributed by atoms with van der Waals surface area (Å²) in [5.74, 6) is 0.561. The second kappa shape index (κ2) is 7.76. The highest BCUT2D eigenvalue weighted by atomic mass is 16.1. The van der Waals surface area contributed by atoms with Crippen LogP contribution >= 0.6 is 0 Å². The lowest BCUT2D eigenvalue weighted by atomic mass is 9.72. The first kappa shape index (κ1) is 19.8. The Labute approximate surface area is 174 Å². The number of rotatable bonds is 5. The summed E-state index contributed by atoms with van der Waals surface area (Å²) >= 11 is 0. The molecule has 2 aromatic carbocycles. The molecule has 2 heterocycles. The van der Waals surface area contributed by atoms with Crippen LogP contribution in [0.15, 0.2) is 61.7 Å². The molecule has 4 atom stereocenters. The minimum Gasteiger partial charge on any atom is -0.300 e. The number of nitrogens with zero attached hydrogens (tertiary/aromatic N) is 1. The number of hydrogen-bond acceptors (Lipinski definition) is 2. The van der Waals surface area contributed by atoms with E-state index in [2.05, 4.69) is 49.4 Å². The lowest BCUT2D eigenvalue weighted by Crippen LogP contribution is -2.48. The smallest absolute Gasteiger partial charge is 0.168 e. The molecule has 4 rings (SSSR count). The van der Waals surface area contributed by atoms with E-state index in [4.69, 9.17) is 0 Å². The van der Waals surface area contributed by atoms with Gasteiger partial charge in [0, 0.05) is 23.6 Å². The summed E-state index contributed by atoms with van der Waals surface area (Å²) in [4.78, 5) is 16.2. The van der Waals surface area contributed by atoms with Crippen LogP contribution < -0.4 is 0 Å². The Balaban J connectivity index is 1.69. The average Bonchev–Trinajstić information content (AvgIpc) is 2.96. The molecular weight excluding hydrogens is 354 g/mol. The van der Waals surface area contributed by atoms with E-state index in [0.717, 1.165) is 35.1 Å². The Kier molecular flexibility index (Phi) is 5.31. The first-order valence-corrected chi connectivity index (χ1v) is 10.6. The van der Waals surface area contributed by atoms with Crippen LogP contribution in [0.1, 0.15) is 66.1 Å². The van der Waals surface area contributed by atoms with Gasteiger partial charge < -0.3 is 0 Å². The van der Waals surface area contributed by atoms with Crippen molar-refractivity contribution in [1.82, 2.24) is 4.90 Å². The fourth-order valence-electron chi connectivity index (χ4n) is 5.29. The molecule has 2 aliphatic rings. The normalized spacial score (nSPS) is 26.3. The van der Waals surface area contributed by atoms with Crippen LogP contribution in [0.5, 0.6) is 0 Å². The van der Waals surface area contributed by atoms with Crippen molar-refractivity contribution >= 4 is 16.9 Å². The van der Waals surface area contributed by atoms with E-state index in [1.165, 1.54) is 17.5 Å². The van der Waals surface area contributed by atoms with E-state index in [1.807, 2.05) is 38.1 Å². The second-order valence-electron chi connectivity index (χ2n) is 8.96. The Morgan fingerprint density at radius 1 is 0.862 bits per heavy atom. The van der Waals surface area contributed by atoms with E-state index in [9.17, 15) is 4.79 Å². The fourth-order valence-corrected chi connectivity index (χ4v) is 5.29. The molecule has 0 unspecified atom stereocenters. The highest BCUT2D eigenvalue weighted by molar-refractivity contribution is 5.99. The second-order valence-corrected chi connectivity index (χ2v) is 8.96. The van der Waals surface area contributed by atoms with E-state index in [-0.39, 0.29) is 17.6 Å². The fraction of sp³-hybridized carbons (Fsp3) is 0.370. The van der Waals surface area contributed by atoms with Crippen LogP contribution in [0.2, 0.25) is 0 Å². The number of ketones is 1. The molecule has 2 fully saturated rings. The Hall–Kier alpha value is -2.45. The Bertz CT molecular complexity index is 938. The lowest BCUT2D eigenvalue weighted by Gasteiger charge is -2.42. The maximum atomic E-state index is 13.7. The van der Waals surface area contributed by atoms with Crippen LogP contribution in [0.3, 0.4) is 0 Å². The van der Waals surface area contributed by atoms with E-state index < -0.39 is 0 Å². The van der Waals surface area contributed by atoms with Gasteiger partial charge in [-0.05, 0) is 62.8 Å². The molecule has 2 aromatic rings. The van der Waals surface area contributed by atoms with Crippen molar-refractivity contribution < 1.29 is 4.79 Å². The van der Waals surface area contributed by atoms with E-state index in [1.54, 1.807) is 0 Å². The third-order valence-corrected chi connectivity index (χ3v) is 7.07. The molecule has 0 aromatic heterocycles. The molecule has 2 saturated heterocycles. The van der Waals surface area contributed by atoms with Gasteiger partial charge in [-0.2, -0.15) is 0 Å². The number of allylic oxidation sites excluding steroid dienone is 2.